The fraction of sp³-hybridized carbons (Fsp3) is 0.417. The summed E-state index contributed by atoms with van der Waals surface area (Å²) in [5.41, 5.74) is 0. The van der Waals surface area contributed by atoms with Gasteiger partial charge in [-0.2, -0.15) is 0 Å². The van der Waals surface area contributed by atoms with E-state index in [0.717, 1.165) is 12.7 Å². The summed E-state index contributed by atoms with van der Waals surface area (Å²) in [4.78, 5) is 9.87. The second kappa shape index (κ2) is 10.9. The number of allylic oxidation sites excluding steroid dienone is 6. The normalized spacial score (nSPS) is 12.1. The van der Waals surface area contributed by atoms with Gasteiger partial charge in [0.05, 0.1) is 0 Å². The van der Waals surface area contributed by atoms with E-state index in [4.69, 9.17) is 0 Å². The van der Waals surface area contributed by atoms with Crippen LogP contribution in [0.25, 0.3) is 0 Å². The largest absolute Gasteiger partial charge is 0.299 e. The highest BCUT2D eigenvalue weighted by Gasteiger charge is 1.79. The lowest BCUT2D eigenvalue weighted by Crippen LogP contribution is -1.69. The molecule has 0 bridgehead atoms. The van der Waals surface area contributed by atoms with E-state index in [1.807, 2.05) is 18.2 Å². The second-order valence-electron chi connectivity index (χ2n) is 2.83. The standard InChI is InChI=1S/C12H18O/c1-2-3-4-5-6-7-8-9-10-11-12-13/h6-12H,2-5H2,1H3/b7-6-,9-8+,11-10+. The molecule has 0 saturated carbocycles. The van der Waals surface area contributed by atoms with Gasteiger partial charge in [-0.05, 0) is 18.9 Å². The van der Waals surface area contributed by atoms with Gasteiger partial charge in [-0.1, -0.05) is 50.1 Å². The van der Waals surface area contributed by atoms with Gasteiger partial charge in [0.25, 0.3) is 0 Å². The van der Waals surface area contributed by atoms with Gasteiger partial charge in [-0.25, -0.2) is 0 Å². The van der Waals surface area contributed by atoms with Crippen LogP contribution in [0.4, 0.5) is 0 Å². The average molecular weight is 178 g/mol. The van der Waals surface area contributed by atoms with E-state index in [1.54, 1.807) is 6.08 Å². The second-order valence-corrected chi connectivity index (χ2v) is 2.83. The van der Waals surface area contributed by atoms with Crippen LogP contribution in [-0.2, 0) is 4.79 Å². The molecule has 72 valence electrons. The maximum absolute atomic E-state index is 9.87. The third-order valence-corrected chi connectivity index (χ3v) is 1.63. The molecule has 0 aromatic rings. The number of rotatable bonds is 7. The van der Waals surface area contributed by atoms with Crippen LogP contribution in [0.3, 0.4) is 0 Å². The lowest BCUT2D eigenvalue weighted by atomic mass is 10.2. The van der Waals surface area contributed by atoms with Crippen molar-refractivity contribution in [2.45, 2.75) is 32.6 Å². The fourth-order valence-corrected chi connectivity index (χ4v) is 0.925. The minimum atomic E-state index is 0.773. The van der Waals surface area contributed by atoms with Gasteiger partial charge >= 0.3 is 0 Å². The number of carbonyl (C=O) groups excluding carboxylic acids is 1. The topological polar surface area (TPSA) is 17.1 Å². The molecular weight excluding hydrogens is 160 g/mol. The van der Waals surface area contributed by atoms with Crippen molar-refractivity contribution in [1.82, 2.24) is 0 Å². The molecule has 0 atom stereocenters. The molecule has 1 nitrogen and oxygen atoms in total. The maximum atomic E-state index is 9.87. The Kier molecular flexibility index (Phi) is 9.96. The van der Waals surface area contributed by atoms with Crippen molar-refractivity contribution in [1.29, 1.82) is 0 Å². The van der Waals surface area contributed by atoms with Gasteiger partial charge < -0.3 is 0 Å². The van der Waals surface area contributed by atoms with Crippen LogP contribution < -0.4 is 0 Å². The van der Waals surface area contributed by atoms with E-state index in [2.05, 4.69) is 13.0 Å². The Morgan fingerprint density at radius 2 is 1.62 bits per heavy atom. The highest BCUT2D eigenvalue weighted by atomic mass is 16.1. The van der Waals surface area contributed by atoms with Gasteiger partial charge in [0.15, 0.2) is 0 Å². The summed E-state index contributed by atoms with van der Waals surface area (Å²) in [5, 5.41) is 0. The first-order valence-electron chi connectivity index (χ1n) is 4.85. The third-order valence-electron chi connectivity index (χ3n) is 1.63. The van der Waals surface area contributed by atoms with Crippen molar-refractivity contribution in [3.63, 3.8) is 0 Å². The van der Waals surface area contributed by atoms with Crippen LogP contribution in [-0.4, -0.2) is 6.29 Å². The number of hydrogen-bond donors (Lipinski definition) is 0. The predicted molar refractivity (Wildman–Crippen MR) is 57.6 cm³/mol. The summed E-state index contributed by atoms with van der Waals surface area (Å²) >= 11 is 0. The first kappa shape index (κ1) is 11.9. The lowest BCUT2D eigenvalue weighted by molar-refractivity contribution is -0.104. The molecular formula is C12H18O. The molecule has 0 amide bonds. The van der Waals surface area contributed by atoms with Crippen LogP contribution in [0.2, 0.25) is 0 Å². The molecule has 0 aliphatic rings. The van der Waals surface area contributed by atoms with Crippen molar-refractivity contribution in [2.75, 3.05) is 0 Å². The smallest absolute Gasteiger partial charge is 0.142 e. The first-order chi connectivity index (χ1) is 6.41. The fourth-order valence-electron chi connectivity index (χ4n) is 0.925. The molecule has 13 heavy (non-hydrogen) atoms. The summed E-state index contributed by atoms with van der Waals surface area (Å²) < 4.78 is 0. The van der Waals surface area contributed by atoms with Crippen molar-refractivity contribution in [2.24, 2.45) is 0 Å². The zero-order valence-corrected chi connectivity index (χ0v) is 8.28. The average Bonchev–Trinajstić information content (AvgIpc) is 2.16. The maximum Gasteiger partial charge on any atom is 0.142 e. The summed E-state index contributed by atoms with van der Waals surface area (Å²) in [7, 11) is 0. The van der Waals surface area contributed by atoms with E-state index in [1.165, 1.54) is 25.3 Å². The zero-order valence-electron chi connectivity index (χ0n) is 8.28. The van der Waals surface area contributed by atoms with Crippen molar-refractivity contribution < 1.29 is 4.79 Å². The van der Waals surface area contributed by atoms with E-state index in [-0.39, 0.29) is 0 Å². The van der Waals surface area contributed by atoms with Gasteiger partial charge in [0.2, 0.25) is 0 Å². The van der Waals surface area contributed by atoms with Crippen molar-refractivity contribution >= 4 is 6.29 Å². The van der Waals surface area contributed by atoms with Gasteiger partial charge in [0.1, 0.15) is 6.29 Å². The predicted octanol–water partition coefficient (Wildman–Crippen LogP) is 3.43. The number of hydrogen-bond acceptors (Lipinski definition) is 1. The molecule has 0 N–H and O–H groups in total. The van der Waals surface area contributed by atoms with Gasteiger partial charge in [-0.15, -0.1) is 0 Å². The van der Waals surface area contributed by atoms with Gasteiger partial charge in [-0.3, -0.25) is 4.79 Å². The van der Waals surface area contributed by atoms with E-state index >= 15 is 0 Å². The number of carbonyl (C=O) groups is 1. The van der Waals surface area contributed by atoms with Crippen LogP contribution in [0.5, 0.6) is 0 Å². The molecule has 0 radical (unpaired) electrons. The molecule has 0 heterocycles. The van der Waals surface area contributed by atoms with Crippen LogP contribution in [0.1, 0.15) is 32.6 Å². The Hall–Kier alpha value is -1.11. The molecule has 0 aliphatic carbocycles. The molecule has 0 fully saturated rings. The first-order valence-corrected chi connectivity index (χ1v) is 4.85. The number of aldehydes is 1. The molecule has 0 saturated heterocycles. The van der Waals surface area contributed by atoms with E-state index in [0.29, 0.717) is 0 Å². The summed E-state index contributed by atoms with van der Waals surface area (Å²) in [5.74, 6) is 0. The highest BCUT2D eigenvalue weighted by molar-refractivity contribution is 5.65. The molecule has 0 unspecified atom stereocenters. The van der Waals surface area contributed by atoms with Crippen molar-refractivity contribution in [3.8, 4) is 0 Å². The Balaban J connectivity index is 3.34. The molecule has 0 aliphatic heterocycles. The lowest BCUT2D eigenvalue weighted by Gasteiger charge is -1.89. The Morgan fingerprint density at radius 1 is 0.923 bits per heavy atom. The highest BCUT2D eigenvalue weighted by Crippen LogP contribution is 1.99. The van der Waals surface area contributed by atoms with Crippen LogP contribution >= 0.6 is 0 Å². The Morgan fingerprint density at radius 3 is 2.31 bits per heavy atom. The summed E-state index contributed by atoms with van der Waals surface area (Å²) in [6.07, 6.45) is 16.9. The molecule has 0 rings (SSSR count). The summed E-state index contributed by atoms with van der Waals surface area (Å²) in [6.45, 7) is 2.20. The Labute approximate surface area is 80.8 Å². The molecule has 0 spiro atoms. The monoisotopic (exact) mass is 178 g/mol. The molecule has 0 aromatic heterocycles. The Bertz CT molecular complexity index is 187. The van der Waals surface area contributed by atoms with Crippen LogP contribution in [0.15, 0.2) is 36.5 Å². The summed E-state index contributed by atoms with van der Waals surface area (Å²) in [6, 6.07) is 0. The molecule has 1 heteroatoms. The van der Waals surface area contributed by atoms with E-state index < -0.39 is 0 Å². The van der Waals surface area contributed by atoms with Crippen molar-refractivity contribution in [3.05, 3.63) is 36.5 Å². The number of unbranched alkanes of at least 4 members (excludes halogenated alkanes) is 3. The quantitative estimate of drug-likeness (QED) is 0.252. The van der Waals surface area contributed by atoms with Gasteiger partial charge in [0, 0.05) is 0 Å². The third kappa shape index (κ3) is 10.9. The SMILES string of the molecule is CCCCC\C=C/C=C/C=C/C=O. The zero-order chi connectivity index (χ0) is 9.78. The van der Waals surface area contributed by atoms with E-state index in [9.17, 15) is 4.79 Å². The van der Waals surface area contributed by atoms with Crippen LogP contribution in [0, 0.1) is 0 Å². The minimum Gasteiger partial charge on any atom is -0.299 e. The minimum absolute atomic E-state index is 0.773. The molecule has 0 aromatic carbocycles.